The lowest BCUT2D eigenvalue weighted by Crippen LogP contribution is -2.02. The first-order chi connectivity index (χ1) is 6.31. The Labute approximate surface area is 84.0 Å². The highest BCUT2D eigenvalue weighted by atomic mass is 32.2. The van der Waals surface area contributed by atoms with Crippen LogP contribution in [0.2, 0.25) is 0 Å². The third-order valence-corrected chi connectivity index (χ3v) is 2.74. The van der Waals surface area contributed by atoms with E-state index in [9.17, 15) is 0 Å². The van der Waals surface area contributed by atoms with Gasteiger partial charge in [0.1, 0.15) is 0 Å². The van der Waals surface area contributed by atoms with E-state index in [4.69, 9.17) is 5.73 Å². The molecule has 1 rings (SSSR count). The largest absolute Gasteiger partial charge is 0.330 e. The van der Waals surface area contributed by atoms with Crippen molar-refractivity contribution in [2.75, 3.05) is 12.8 Å². The molecule has 0 radical (unpaired) electrons. The zero-order valence-electron chi connectivity index (χ0n) is 7.92. The van der Waals surface area contributed by atoms with Crippen molar-refractivity contribution in [2.45, 2.75) is 11.3 Å². The Bertz CT molecular complexity index is 294. The number of rotatable bonds is 4. The first-order valence-electron chi connectivity index (χ1n) is 4.31. The zero-order valence-corrected chi connectivity index (χ0v) is 8.73. The minimum atomic E-state index is 0.710. The minimum absolute atomic E-state index is 0.710. The molecule has 1 aromatic carbocycles. The summed E-state index contributed by atoms with van der Waals surface area (Å²) in [5, 5.41) is 0. The average Bonchev–Trinajstić information content (AvgIpc) is 2.18. The van der Waals surface area contributed by atoms with E-state index in [1.165, 1.54) is 16.0 Å². The molecule has 0 heterocycles. The summed E-state index contributed by atoms with van der Waals surface area (Å²) in [5.41, 5.74) is 8.00. The molecule has 0 bridgehead atoms. The molecule has 0 unspecified atom stereocenters. The van der Waals surface area contributed by atoms with E-state index in [1.807, 2.05) is 6.08 Å². The normalized spacial score (nSPS) is 10.0. The molecule has 0 amide bonds. The molecule has 0 saturated carbocycles. The van der Waals surface area contributed by atoms with Crippen LogP contribution in [0.3, 0.4) is 0 Å². The van der Waals surface area contributed by atoms with E-state index in [2.05, 4.69) is 31.0 Å². The molecule has 70 valence electrons. The van der Waals surface area contributed by atoms with Crippen LogP contribution in [0.4, 0.5) is 0 Å². The van der Waals surface area contributed by atoms with Gasteiger partial charge in [-0.3, -0.25) is 0 Å². The van der Waals surface area contributed by atoms with Gasteiger partial charge in [-0.25, -0.2) is 0 Å². The van der Waals surface area contributed by atoms with Gasteiger partial charge in [-0.05, 0) is 36.4 Å². The summed E-state index contributed by atoms with van der Waals surface area (Å²) in [5.74, 6) is 0. The molecule has 0 atom stereocenters. The van der Waals surface area contributed by atoms with Crippen LogP contribution in [-0.4, -0.2) is 12.8 Å². The molecule has 2 N–H and O–H groups in total. The Morgan fingerprint density at radius 3 is 2.85 bits per heavy atom. The van der Waals surface area contributed by atoms with Gasteiger partial charge >= 0.3 is 0 Å². The summed E-state index contributed by atoms with van der Waals surface area (Å²) < 4.78 is 0. The van der Waals surface area contributed by atoms with Crippen molar-refractivity contribution in [1.29, 1.82) is 0 Å². The van der Waals surface area contributed by atoms with E-state index < -0.39 is 0 Å². The summed E-state index contributed by atoms with van der Waals surface area (Å²) in [6.07, 6.45) is 4.91. The molecule has 0 spiro atoms. The average molecular weight is 193 g/mol. The third kappa shape index (κ3) is 2.61. The van der Waals surface area contributed by atoms with Crippen LogP contribution in [0.1, 0.15) is 11.1 Å². The van der Waals surface area contributed by atoms with Crippen molar-refractivity contribution < 1.29 is 0 Å². The number of thioether (sulfide) groups is 1. The summed E-state index contributed by atoms with van der Waals surface area (Å²) >= 11 is 1.75. The van der Waals surface area contributed by atoms with Crippen molar-refractivity contribution in [1.82, 2.24) is 0 Å². The Balaban J connectivity index is 2.98. The molecule has 1 aromatic rings. The Morgan fingerprint density at radius 1 is 1.54 bits per heavy atom. The lowest BCUT2D eigenvalue weighted by molar-refractivity contribution is 0.963. The van der Waals surface area contributed by atoms with Gasteiger partial charge < -0.3 is 5.73 Å². The second-order valence-corrected chi connectivity index (χ2v) is 3.67. The molecule has 0 aliphatic carbocycles. The quantitative estimate of drug-likeness (QED) is 0.744. The fourth-order valence-corrected chi connectivity index (χ4v) is 1.90. The molecule has 0 aliphatic rings. The van der Waals surface area contributed by atoms with Crippen molar-refractivity contribution in [3.63, 3.8) is 0 Å². The van der Waals surface area contributed by atoms with Gasteiger partial charge in [0.2, 0.25) is 0 Å². The minimum Gasteiger partial charge on any atom is -0.330 e. The van der Waals surface area contributed by atoms with Crippen molar-refractivity contribution in [3.05, 3.63) is 35.9 Å². The predicted octanol–water partition coefficient (Wildman–Crippen LogP) is 2.55. The van der Waals surface area contributed by atoms with Crippen molar-refractivity contribution in [2.24, 2.45) is 5.73 Å². The number of hydrogen-bond acceptors (Lipinski definition) is 2. The lowest BCUT2D eigenvalue weighted by atomic mass is 10.1. The smallest absolute Gasteiger partial charge is 0.0144 e. The van der Waals surface area contributed by atoms with Gasteiger partial charge in [-0.2, -0.15) is 0 Å². The van der Waals surface area contributed by atoms with Crippen molar-refractivity contribution in [3.8, 4) is 0 Å². The maximum Gasteiger partial charge on any atom is 0.0144 e. The molecule has 0 saturated heterocycles. The van der Waals surface area contributed by atoms with Crippen LogP contribution >= 0.6 is 11.8 Å². The van der Waals surface area contributed by atoms with Gasteiger partial charge in [0.05, 0.1) is 0 Å². The maximum atomic E-state index is 5.50. The second-order valence-electron chi connectivity index (χ2n) is 2.82. The molecule has 13 heavy (non-hydrogen) atoms. The van der Waals surface area contributed by atoms with E-state index in [1.54, 1.807) is 11.8 Å². The van der Waals surface area contributed by atoms with Gasteiger partial charge in [-0.15, -0.1) is 11.8 Å². The monoisotopic (exact) mass is 193 g/mol. The number of nitrogens with two attached hydrogens (primary N) is 1. The second kappa shape index (κ2) is 5.10. The zero-order chi connectivity index (χ0) is 9.68. The van der Waals surface area contributed by atoms with Gasteiger partial charge in [0.15, 0.2) is 0 Å². The molecular formula is C11H15NS. The van der Waals surface area contributed by atoms with Gasteiger partial charge in [0, 0.05) is 4.90 Å². The standard InChI is InChI=1S/C11H15NS/c1-3-10-5-4-9(6-7-12)8-11(10)13-2/h3-5,8H,1,6-7,12H2,2H3. The fourth-order valence-electron chi connectivity index (χ4n) is 1.25. The van der Waals surface area contributed by atoms with E-state index in [0.717, 1.165) is 6.42 Å². The molecule has 0 fully saturated rings. The summed E-state index contributed by atoms with van der Waals surface area (Å²) in [6.45, 7) is 4.49. The topological polar surface area (TPSA) is 26.0 Å². The Kier molecular flexibility index (Phi) is 4.06. The number of hydrogen-bond donors (Lipinski definition) is 1. The van der Waals surface area contributed by atoms with E-state index in [-0.39, 0.29) is 0 Å². The molecule has 1 nitrogen and oxygen atoms in total. The van der Waals surface area contributed by atoms with Crippen LogP contribution in [0, 0.1) is 0 Å². The molecular weight excluding hydrogens is 178 g/mol. The van der Waals surface area contributed by atoms with Crippen LogP contribution in [0.25, 0.3) is 6.08 Å². The first-order valence-corrected chi connectivity index (χ1v) is 5.53. The van der Waals surface area contributed by atoms with E-state index in [0.29, 0.717) is 6.54 Å². The third-order valence-electron chi connectivity index (χ3n) is 1.95. The highest BCUT2D eigenvalue weighted by Crippen LogP contribution is 2.22. The molecule has 0 aliphatic heterocycles. The van der Waals surface area contributed by atoms with Crippen LogP contribution < -0.4 is 5.73 Å². The summed E-state index contributed by atoms with van der Waals surface area (Å²) in [4.78, 5) is 1.28. The highest BCUT2D eigenvalue weighted by Gasteiger charge is 1.99. The Morgan fingerprint density at radius 2 is 2.31 bits per heavy atom. The van der Waals surface area contributed by atoms with E-state index >= 15 is 0 Å². The van der Waals surface area contributed by atoms with Gasteiger partial charge in [-0.1, -0.05) is 24.8 Å². The van der Waals surface area contributed by atoms with Gasteiger partial charge in [0.25, 0.3) is 0 Å². The lowest BCUT2D eigenvalue weighted by Gasteiger charge is -2.05. The first kappa shape index (κ1) is 10.4. The fraction of sp³-hybridized carbons (Fsp3) is 0.273. The van der Waals surface area contributed by atoms with Crippen LogP contribution in [0.15, 0.2) is 29.7 Å². The maximum absolute atomic E-state index is 5.50. The molecule has 2 heteroatoms. The van der Waals surface area contributed by atoms with Crippen molar-refractivity contribution >= 4 is 17.8 Å². The molecule has 0 aromatic heterocycles. The SMILES string of the molecule is C=Cc1ccc(CCN)cc1SC. The number of benzene rings is 1. The summed E-state index contributed by atoms with van der Waals surface area (Å²) in [6, 6.07) is 6.40. The Hall–Kier alpha value is -0.730. The summed E-state index contributed by atoms with van der Waals surface area (Å²) in [7, 11) is 0. The predicted molar refractivity (Wildman–Crippen MR) is 61.1 cm³/mol. The van der Waals surface area contributed by atoms with Crippen LogP contribution in [0.5, 0.6) is 0 Å². The highest BCUT2D eigenvalue weighted by molar-refractivity contribution is 7.98. The van der Waals surface area contributed by atoms with Crippen LogP contribution in [-0.2, 0) is 6.42 Å².